The third kappa shape index (κ3) is 5.08. The molecule has 1 amide bonds. The second-order valence-electron chi connectivity index (χ2n) is 5.24. The minimum absolute atomic E-state index is 0.0479. The topological polar surface area (TPSA) is 54.3 Å². The molecular weight excluding hydrogens is 264 g/mol. The van der Waals surface area contributed by atoms with E-state index in [0.717, 1.165) is 36.4 Å². The largest absolute Gasteiger partial charge is 0.469 e. The summed E-state index contributed by atoms with van der Waals surface area (Å²) >= 11 is 0. The van der Waals surface area contributed by atoms with Crippen LogP contribution in [0.1, 0.15) is 31.6 Å². The summed E-state index contributed by atoms with van der Waals surface area (Å²) in [5.74, 6) is 0.968. The SMILES string of the molecule is CC(=O)Nc1ccccc1CNC(C)CCc1ccco1. The predicted octanol–water partition coefficient (Wildman–Crippen LogP) is 3.35. The number of para-hydroxylation sites is 1. The zero-order valence-corrected chi connectivity index (χ0v) is 12.6. The van der Waals surface area contributed by atoms with Crippen LogP contribution < -0.4 is 10.6 Å². The van der Waals surface area contributed by atoms with Crippen LogP contribution in [-0.4, -0.2) is 11.9 Å². The molecule has 1 unspecified atom stereocenters. The Morgan fingerprint density at radius 1 is 1.24 bits per heavy atom. The first-order chi connectivity index (χ1) is 10.1. The van der Waals surface area contributed by atoms with Gasteiger partial charge in [-0.1, -0.05) is 18.2 Å². The molecule has 0 aliphatic rings. The fourth-order valence-corrected chi connectivity index (χ4v) is 2.19. The van der Waals surface area contributed by atoms with Gasteiger partial charge in [-0.2, -0.15) is 0 Å². The zero-order valence-electron chi connectivity index (χ0n) is 12.6. The zero-order chi connectivity index (χ0) is 15.1. The third-order valence-electron chi connectivity index (χ3n) is 3.37. The normalized spacial score (nSPS) is 12.1. The van der Waals surface area contributed by atoms with Crippen LogP contribution in [0.2, 0.25) is 0 Å². The summed E-state index contributed by atoms with van der Waals surface area (Å²) in [4.78, 5) is 11.2. The summed E-state index contributed by atoms with van der Waals surface area (Å²) in [7, 11) is 0. The van der Waals surface area contributed by atoms with Crippen molar-refractivity contribution in [3.63, 3.8) is 0 Å². The van der Waals surface area contributed by atoms with Crippen molar-refractivity contribution in [2.24, 2.45) is 0 Å². The van der Waals surface area contributed by atoms with Crippen molar-refractivity contribution in [1.82, 2.24) is 5.32 Å². The molecule has 4 heteroatoms. The molecule has 0 aliphatic carbocycles. The molecule has 21 heavy (non-hydrogen) atoms. The molecule has 0 bridgehead atoms. The summed E-state index contributed by atoms with van der Waals surface area (Å²) in [6.45, 7) is 4.41. The van der Waals surface area contributed by atoms with Gasteiger partial charge in [-0.05, 0) is 37.1 Å². The number of amides is 1. The van der Waals surface area contributed by atoms with Gasteiger partial charge in [-0.15, -0.1) is 0 Å². The van der Waals surface area contributed by atoms with Crippen LogP contribution in [0.5, 0.6) is 0 Å². The van der Waals surface area contributed by atoms with Crippen molar-refractivity contribution < 1.29 is 9.21 Å². The number of hydrogen-bond donors (Lipinski definition) is 2. The molecule has 0 aliphatic heterocycles. The molecule has 1 atom stereocenters. The summed E-state index contributed by atoms with van der Waals surface area (Å²) in [6, 6.07) is 12.1. The minimum atomic E-state index is -0.0479. The smallest absolute Gasteiger partial charge is 0.221 e. The Kier molecular flexibility index (Phi) is 5.58. The van der Waals surface area contributed by atoms with Gasteiger partial charge >= 0.3 is 0 Å². The van der Waals surface area contributed by atoms with E-state index in [1.807, 2.05) is 36.4 Å². The molecule has 0 spiro atoms. The number of furan rings is 1. The van der Waals surface area contributed by atoms with Crippen LogP contribution in [0.15, 0.2) is 47.1 Å². The number of carbonyl (C=O) groups is 1. The van der Waals surface area contributed by atoms with Crippen molar-refractivity contribution >= 4 is 11.6 Å². The summed E-state index contributed by atoms with van der Waals surface area (Å²) in [5, 5.41) is 6.34. The molecule has 2 aromatic rings. The number of anilines is 1. The monoisotopic (exact) mass is 286 g/mol. The van der Waals surface area contributed by atoms with E-state index in [0.29, 0.717) is 6.04 Å². The highest BCUT2D eigenvalue weighted by molar-refractivity contribution is 5.89. The first-order valence-corrected chi connectivity index (χ1v) is 7.26. The molecule has 0 saturated carbocycles. The number of nitrogens with one attached hydrogen (secondary N) is 2. The number of aryl methyl sites for hydroxylation is 1. The van der Waals surface area contributed by atoms with E-state index >= 15 is 0 Å². The van der Waals surface area contributed by atoms with Gasteiger partial charge in [0, 0.05) is 31.6 Å². The first-order valence-electron chi connectivity index (χ1n) is 7.26. The molecule has 2 rings (SSSR count). The molecule has 1 aromatic heterocycles. The fraction of sp³-hybridized carbons (Fsp3) is 0.353. The Bertz CT molecular complexity index is 564. The van der Waals surface area contributed by atoms with Crippen molar-refractivity contribution in [2.75, 3.05) is 5.32 Å². The molecule has 112 valence electrons. The molecule has 1 aromatic carbocycles. The van der Waals surface area contributed by atoms with E-state index < -0.39 is 0 Å². The molecule has 0 radical (unpaired) electrons. The van der Waals surface area contributed by atoms with Crippen LogP contribution in [0.3, 0.4) is 0 Å². The van der Waals surface area contributed by atoms with Gasteiger partial charge in [-0.25, -0.2) is 0 Å². The summed E-state index contributed by atoms with van der Waals surface area (Å²) in [5.41, 5.74) is 1.97. The van der Waals surface area contributed by atoms with Crippen LogP contribution >= 0.6 is 0 Å². The molecule has 1 heterocycles. The number of benzene rings is 1. The lowest BCUT2D eigenvalue weighted by atomic mass is 10.1. The lowest BCUT2D eigenvalue weighted by molar-refractivity contribution is -0.114. The highest BCUT2D eigenvalue weighted by Gasteiger charge is 2.07. The van der Waals surface area contributed by atoms with Gasteiger partial charge in [0.25, 0.3) is 0 Å². The van der Waals surface area contributed by atoms with Crippen LogP contribution in [0.4, 0.5) is 5.69 Å². The van der Waals surface area contributed by atoms with Crippen LogP contribution in [0.25, 0.3) is 0 Å². The van der Waals surface area contributed by atoms with E-state index in [1.165, 1.54) is 6.92 Å². The van der Waals surface area contributed by atoms with Gasteiger partial charge in [-0.3, -0.25) is 4.79 Å². The molecular formula is C17H22N2O2. The fourth-order valence-electron chi connectivity index (χ4n) is 2.19. The lowest BCUT2D eigenvalue weighted by Gasteiger charge is -2.15. The highest BCUT2D eigenvalue weighted by atomic mass is 16.3. The van der Waals surface area contributed by atoms with Crippen molar-refractivity contribution in [3.8, 4) is 0 Å². The van der Waals surface area contributed by atoms with Crippen LogP contribution in [0, 0.1) is 0 Å². The van der Waals surface area contributed by atoms with E-state index in [1.54, 1.807) is 6.26 Å². The van der Waals surface area contributed by atoms with Crippen molar-refractivity contribution in [1.29, 1.82) is 0 Å². The average Bonchev–Trinajstić information content (AvgIpc) is 2.97. The Balaban J connectivity index is 1.83. The van der Waals surface area contributed by atoms with E-state index in [-0.39, 0.29) is 5.91 Å². The Hall–Kier alpha value is -2.07. The minimum Gasteiger partial charge on any atom is -0.469 e. The number of carbonyl (C=O) groups excluding carboxylic acids is 1. The van der Waals surface area contributed by atoms with Gasteiger partial charge in [0.1, 0.15) is 5.76 Å². The second-order valence-corrected chi connectivity index (χ2v) is 5.24. The predicted molar refractivity (Wildman–Crippen MR) is 84.1 cm³/mol. The van der Waals surface area contributed by atoms with Gasteiger partial charge in [0.2, 0.25) is 5.91 Å². The van der Waals surface area contributed by atoms with Gasteiger partial charge in [0.15, 0.2) is 0 Å². The Labute approximate surface area is 125 Å². The molecule has 2 N–H and O–H groups in total. The number of hydrogen-bond acceptors (Lipinski definition) is 3. The van der Waals surface area contributed by atoms with Gasteiger partial charge < -0.3 is 15.1 Å². The lowest BCUT2D eigenvalue weighted by Crippen LogP contribution is -2.26. The second kappa shape index (κ2) is 7.64. The highest BCUT2D eigenvalue weighted by Crippen LogP contribution is 2.15. The summed E-state index contributed by atoms with van der Waals surface area (Å²) < 4.78 is 5.33. The molecule has 0 fully saturated rings. The van der Waals surface area contributed by atoms with E-state index in [9.17, 15) is 4.79 Å². The molecule has 4 nitrogen and oxygen atoms in total. The quantitative estimate of drug-likeness (QED) is 0.820. The Morgan fingerprint density at radius 3 is 2.76 bits per heavy atom. The Morgan fingerprint density at radius 2 is 2.05 bits per heavy atom. The maximum atomic E-state index is 11.2. The third-order valence-corrected chi connectivity index (χ3v) is 3.37. The van der Waals surface area contributed by atoms with Crippen LogP contribution in [-0.2, 0) is 17.8 Å². The molecule has 0 saturated heterocycles. The maximum Gasteiger partial charge on any atom is 0.221 e. The standard InChI is InChI=1S/C17H22N2O2/c1-13(9-10-16-7-5-11-21-16)18-12-15-6-3-4-8-17(15)19-14(2)20/h3-8,11,13,18H,9-10,12H2,1-2H3,(H,19,20). The van der Waals surface area contributed by atoms with E-state index in [4.69, 9.17) is 4.42 Å². The van der Waals surface area contributed by atoms with Gasteiger partial charge in [0.05, 0.1) is 6.26 Å². The van der Waals surface area contributed by atoms with E-state index in [2.05, 4.69) is 17.6 Å². The van der Waals surface area contributed by atoms with Crippen molar-refractivity contribution in [2.45, 2.75) is 39.3 Å². The summed E-state index contributed by atoms with van der Waals surface area (Å²) in [6.07, 6.45) is 3.64. The first kappa shape index (κ1) is 15.3. The average molecular weight is 286 g/mol. The van der Waals surface area contributed by atoms with Crippen molar-refractivity contribution in [3.05, 3.63) is 54.0 Å². The maximum absolute atomic E-state index is 11.2. The number of rotatable bonds is 7.